The van der Waals surface area contributed by atoms with Crippen molar-refractivity contribution in [1.29, 1.82) is 0 Å². The highest BCUT2D eigenvalue weighted by Crippen LogP contribution is 2.19. The highest BCUT2D eigenvalue weighted by atomic mass is 32.2. The molecule has 0 aliphatic rings. The number of rotatable bonds is 5. The van der Waals surface area contributed by atoms with Gasteiger partial charge in [-0.3, -0.25) is 4.79 Å². The van der Waals surface area contributed by atoms with Gasteiger partial charge in [-0.1, -0.05) is 12.1 Å². The Labute approximate surface area is 143 Å². The van der Waals surface area contributed by atoms with Crippen molar-refractivity contribution < 1.29 is 13.2 Å². The van der Waals surface area contributed by atoms with E-state index in [9.17, 15) is 13.2 Å². The van der Waals surface area contributed by atoms with Crippen LogP contribution in [0, 0.1) is 13.8 Å². The molecule has 130 valence electrons. The molecule has 1 aromatic carbocycles. The monoisotopic (exact) mass is 348 g/mol. The van der Waals surface area contributed by atoms with E-state index in [1.54, 1.807) is 24.3 Å². The molecule has 0 radical (unpaired) electrons. The second-order valence-electron chi connectivity index (χ2n) is 6.07. The lowest BCUT2D eigenvalue weighted by molar-refractivity contribution is 0.0939. The Balaban J connectivity index is 2.17. The predicted molar refractivity (Wildman–Crippen MR) is 95.0 cm³/mol. The second kappa shape index (κ2) is 6.81. The second-order valence-corrected chi connectivity index (χ2v) is 8.08. The molecule has 0 unspecified atom stereocenters. The number of carbonyl (C=O) groups excluding carboxylic acids is 1. The molecule has 0 fully saturated rings. The van der Waals surface area contributed by atoms with Gasteiger partial charge in [0.25, 0.3) is 5.91 Å². The zero-order chi connectivity index (χ0) is 18.1. The number of hydrogen-bond acceptors (Lipinski definition) is 3. The van der Waals surface area contributed by atoms with Gasteiger partial charge in [0, 0.05) is 24.2 Å². The van der Waals surface area contributed by atoms with Crippen LogP contribution in [0.5, 0.6) is 0 Å². The number of amides is 1. The Hall–Kier alpha value is -2.08. The number of nitrogens with one attached hydrogen (secondary N) is 1. The van der Waals surface area contributed by atoms with Gasteiger partial charge in [0.1, 0.15) is 0 Å². The molecule has 2 rings (SSSR count). The zero-order valence-electron chi connectivity index (χ0n) is 14.8. The maximum Gasteiger partial charge on any atom is 0.253 e. The number of aromatic nitrogens is 1. The fourth-order valence-electron chi connectivity index (χ4n) is 2.88. The van der Waals surface area contributed by atoms with Gasteiger partial charge in [0.05, 0.1) is 16.5 Å². The Morgan fingerprint density at radius 2 is 1.79 bits per heavy atom. The highest BCUT2D eigenvalue weighted by Gasteiger charge is 2.17. The van der Waals surface area contributed by atoms with E-state index in [2.05, 4.69) is 9.88 Å². The van der Waals surface area contributed by atoms with Crippen LogP contribution in [0.3, 0.4) is 0 Å². The molecule has 0 saturated carbocycles. The number of nitrogens with zero attached hydrogens (tertiary/aromatic N) is 1. The van der Waals surface area contributed by atoms with E-state index in [4.69, 9.17) is 0 Å². The van der Waals surface area contributed by atoms with Crippen LogP contribution in [0.25, 0.3) is 0 Å². The first-order valence-corrected chi connectivity index (χ1v) is 9.82. The summed E-state index contributed by atoms with van der Waals surface area (Å²) in [5.74, 6) is -0.123. The lowest BCUT2D eigenvalue weighted by Crippen LogP contribution is -2.27. The van der Waals surface area contributed by atoms with E-state index in [0.717, 1.165) is 23.5 Å². The normalized spacial score (nSPS) is 12.9. The van der Waals surface area contributed by atoms with Crippen LogP contribution in [0.4, 0.5) is 0 Å². The largest absolute Gasteiger partial charge is 0.349 e. The summed E-state index contributed by atoms with van der Waals surface area (Å²) >= 11 is 0. The van der Waals surface area contributed by atoms with Crippen LogP contribution in [0.1, 0.15) is 47.2 Å². The first kappa shape index (κ1) is 18.3. The van der Waals surface area contributed by atoms with Crippen molar-refractivity contribution in [3.05, 3.63) is 52.8 Å². The third kappa shape index (κ3) is 3.70. The molecule has 5 nitrogen and oxygen atoms in total. The minimum atomic E-state index is -3.21. The van der Waals surface area contributed by atoms with E-state index in [1.807, 2.05) is 33.8 Å². The van der Waals surface area contributed by atoms with Gasteiger partial charge in [0.2, 0.25) is 0 Å². The maximum atomic E-state index is 12.5. The minimum absolute atomic E-state index is 0.123. The summed E-state index contributed by atoms with van der Waals surface area (Å²) in [6, 6.07) is 8.28. The number of aryl methyl sites for hydroxylation is 1. The molecular formula is C18H24N2O3S. The molecule has 1 atom stereocenters. The van der Waals surface area contributed by atoms with Gasteiger partial charge in [-0.25, -0.2) is 8.42 Å². The third-order valence-electron chi connectivity index (χ3n) is 4.29. The zero-order valence-corrected chi connectivity index (χ0v) is 15.6. The Kier molecular flexibility index (Phi) is 5.18. The van der Waals surface area contributed by atoms with E-state index in [1.165, 1.54) is 6.26 Å². The molecule has 0 saturated heterocycles. The fourth-order valence-corrected chi connectivity index (χ4v) is 3.51. The fraction of sp³-hybridized carbons (Fsp3) is 0.389. The quantitative estimate of drug-likeness (QED) is 0.903. The van der Waals surface area contributed by atoms with E-state index >= 15 is 0 Å². The van der Waals surface area contributed by atoms with Crippen molar-refractivity contribution in [3.63, 3.8) is 0 Å². The van der Waals surface area contributed by atoms with Crippen LogP contribution in [-0.4, -0.2) is 25.1 Å². The first-order chi connectivity index (χ1) is 11.1. The van der Waals surface area contributed by atoms with Crippen molar-refractivity contribution in [1.82, 2.24) is 9.88 Å². The number of benzene rings is 1. The van der Waals surface area contributed by atoms with Crippen LogP contribution in [-0.2, 0) is 16.4 Å². The van der Waals surface area contributed by atoms with Crippen molar-refractivity contribution in [3.8, 4) is 0 Å². The van der Waals surface area contributed by atoms with Gasteiger partial charge in [0.15, 0.2) is 9.84 Å². The summed E-state index contributed by atoms with van der Waals surface area (Å²) in [7, 11) is -3.21. The van der Waals surface area contributed by atoms with Crippen LogP contribution >= 0.6 is 0 Å². The Bertz CT molecular complexity index is 849. The Morgan fingerprint density at radius 1 is 1.21 bits per heavy atom. The smallest absolute Gasteiger partial charge is 0.253 e. The van der Waals surface area contributed by atoms with Crippen molar-refractivity contribution in [2.24, 2.45) is 0 Å². The molecular weight excluding hydrogens is 324 g/mol. The lowest BCUT2D eigenvalue weighted by Gasteiger charge is -2.15. The van der Waals surface area contributed by atoms with Crippen LogP contribution in [0.2, 0.25) is 0 Å². The number of hydrogen-bond donors (Lipinski definition) is 1. The lowest BCUT2D eigenvalue weighted by atomic mass is 10.1. The third-order valence-corrected chi connectivity index (χ3v) is 5.42. The van der Waals surface area contributed by atoms with Crippen molar-refractivity contribution in [2.75, 3.05) is 6.26 Å². The molecule has 1 heterocycles. The predicted octanol–water partition coefficient (Wildman–Crippen LogP) is 3.02. The summed E-state index contributed by atoms with van der Waals surface area (Å²) < 4.78 is 25.1. The SMILES string of the molecule is CCn1c(C)cc(C(=O)N[C@H](C)c2ccc(S(C)(=O)=O)cc2)c1C. The van der Waals surface area contributed by atoms with Crippen molar-refractivity contribution >= 4 is 15.7 Å². The summed E-state index contributed by atoms with van der Waals surface area (Å²) in [5.41, 5.74) is 3.55. The molecule has 24 heavy (non-hydrogen) atoms. The van der Waals surface area contributed by atoms with Gasteiger partial charge in [-0.05, 0) is 51.5 Å². The van der Waals surface area contributed by atoms with E-state index in [-0.39, 0.29) is 16.8 Å². The molecule has 0 aliphatic carbocycles. The molecule has 2 aromatic rings. The molecule has 1 amide bonds. The maximum absolute atomic E-state index is 12.5. The van der Waals surface area contributed by atoms with Gasteiger partial charge >= 0.3 is 0 Å². The summed E-state index contributed by atoms with van der Waals surface area (Å²) in [5, 5.41) is 2.97. The van der Waals surface area contributed by atoms with E-state index in [0.29, 0.717) is 5.56 Å². The molecule has 0 bridgehead atoms. The topological polar surface area (TPSA) is 68.2 Å². The highest BCUT2D eigenvalue weighted by molar-refractivity contribution is 7.90. The molecule has 6 heteroatoms. The molecule has 1 aromatic heterocycles. The first-order valence-electron chi connectivity index (χ1n) is 7.92. The van der Waals surface area contributed by atoms with Crippen molar-refractivity contribution in [2.45, 2.75) is 45.2 Å². The standard InChI is InChI=1S/C18H24N2O3S/c1-6-20-12(2)11-17(14(20)4)18(21)19-13(3)15-7-9-16(10-8-15)24(5,22)23/h7-11,13H,6H2,1-5H3,(H,19,21)/t13-/m1/s1. The van der Waals surface area contributed by atoms with E-state index < -0.39 is 9.84 Å². The van der Waals surface area contributed by atoms with Gasteiger partial charge in [-0.2, -0.15) is 0 Å². The minimum Gasteiger partial charge on any atom is -0.349 e. The summed E-state index contributed by atoms with van der Waals surface area (Å²) in [4.78, 5) is 12.8. The average molecular weight is 348 g/mol. The number of sulfone groups is 1. The average Bonchev–Trinajstić information content (AvgIpc) is 2.80. The Morgan fingerprint density at radius 3 is 2.25 bits per heavy atom. The summed E-state index contributed by atoms with van der Waals surface area (Å²) in [6.45, 7) is 8.69. The molecule has 1 N–H and O–H groups in total. The van der Waals surface area contributed by atoms with Crippen LogP contribution < -0.4 is 5.32 Å². The van der Waals surface area contributed by atoms with Gasteiger partial charge < -0.3 is 9.88 Å². The number of carbonyl (C=O) groups is 1. The molecule has 0 spiro atoms. The van der Waals surface area contributed by atoms with Gasteiger partial charge in [-0.15, -0.1) is 0 Å². The molecule has 0 aliphatic heterocycles. The summed E-state index contributed by atoms with van der Waals surface area (Å²) in [6.07, 6.45) is 1.18. The van der Waals surface area contributed by atoms with Crippen LogP contribution in [0.15, 0.2) is 35.2 Å².